The van der Waals surface area contributed by atoms with E-state index in [1.165, 1.54) is 40.7 Å². The molecule has 0 saturated heterocycles. The van der Waals surface area contributed by atoms with Crippen LogP contribution in [0.4, 0.5) is 5.69 Å². The van der Waals surface area contributed by atoms with Gasteiger partial charge in [0.1, 0.15) is 5.75 Å². The normalized spacial score (nSPS) is 11.5. The molecule has 0 saturated carbocycles. The molecule has 2 aromatic rings. The lowest BCUT2D eigenvalue weighted by Gasteiger charge is -2.18. The average molecular weight is 466 g/mol. The van der Waals surface area contributed by atoms with Gasteiger partial charge in [0.2, 0.25) is 10.0 Å². The van der Waals surface area contributed by atoms with Crippen molar-refractivity contribution in [2.45, 2.75) is 18.7 Å². The maximum absolute atomic E-state index is 12.4. The summed E-state index contributed by atoms with van der Waals surface area (Å²) in [5.41, 5.74) is 0.310. The molecule has 0 heterocycles. The molecule has 152 valence electrons. The number of ether oxygens (including phenoxy) is 1. The molecule has 0 bridgehead atoms. The van der Waals surface area contributed by atoms with Crippen molar-refractivity contribution in [3.05, 3.63) is 51.5 Å². The molecule has 6 nitrogen and oxygen atoms in total. The van der Waals surface area contributed by atoms with Gasteiger partial charge in [-0.1, -0.05) is 48.7 Å². The largest absolute Gasteiger partial charge is 0.484 e. The van der Waals surface area contributed by atoms with E-state index in [0.29, 0.717) is 24.5 Å². The summed E-state index contributed by atoms with van der Waals surface area (Å²) in [6.07, 6.45) is 0. The minimum Gasteiger partial charge on any atom is -0.484 e. The van der Waals surface area contributed by atoms with Crippen molar-refractivity contribution in [2.24, 2.45) is 0 Å². The zero-order valence-electron chi connectivity index (χ0n) is 15.2. The maximum atomic E-state index is 12.4. The number of nitrogens with zero attached hydrogens (tertiary/aromatic N) is 1. The number of carbonyl (C=O) groups excluding carboxylic acids is 1. The zero-order valence-corrected chi connectivity index (χ0v) is 18.3. The summed E-state index contributed by atoms with van der Waals surface area (Å²) in [5, 5.41) is 3.35. The van der Waals surface area contributed by atoms with Gasteiger partial charge >= 0.3 is 0 Å². The Kier molecular flexibility index (Phi) is 7.97. The van der Waals surface area contributed by atoms with Crippen LogP contribution in [0.5, 0.6) is 5.75 Å². The van der Waals surface area contributed by atoms with E-state index in [9.17, 15) is 13.2 Å². The Morgan fingerprint density at radius 3 is 2.14 bits per heavy atom. The highest BCUT2D eigenvalue weighted by Gasteiger charge is 2.21. The van der Waals surface area contributed by atoms with E-state index in [1.807, 2.05) is 0 Å². The van der Waals surface area contributed by atoms with E-state index in [-0.39, 0.29) is 26.6 Å². The van der Waals surface area contributed by atoms with Crippen LogP contribution in [-0.4, -0.2) is 38.3 Å². The first-order valence-electron chi connectivity index (χ1n) is 8.36. The van der Waals surface area contributed by atoms with Crippen molar-refractivity contribution in [3.8, 4) is 5.75 Å². The van der Waals surface area contributed by atoms with E-state index in [2.05, 4.69) is 5.32 Å². The van der Waals surface area contributed by atoms with Gasteiger partial charge in [0.25, 0.3) is 5.91 Å². The molecule has 0 atom stereocenters. The second-order valence-electron chi connectivity index (χ2n) is 5.64. The number of sulfonamides is 1. The Hall–Kier alpha value is -1.51. The van der Waals surface area contributed by atoms with Crippen LogP contribution in [-0.2, 0) is 14.8 Å². The molecule has 10 heteroatoms. The van der Waals surface area contributed by atoms with Crippen molar-refractivity contribution in [1.82, 2.24) is 4.31 Å². The van der Waals surface area contributed by atoms with Crippen molar-refractivity contribution in [2.75, 3.05) is 25.0 Å². The number of amides is 1. The lowest BCUT2D eigenvalue weighted by molar-refractivity contribution is -0.118. The number of hydrogen-bond donors (Lipinski definition) is 1. The summed E-state index contributed by atoms with van der Waals surface area (Å²) in [7, 11) is -3.54. The zero-order chi connectivity index (χ0) is 20.9. The molecular formula is C18H19Cl3N2O4S. The minimum atomic E-state index is -3.54. The van der Waals surface area contributed by atoms with E-state index < -0.39 is 15.9 Å². The fourth-order valence-corrected chi connectivity index (χ4v) is 4.43. The molecule has 0 aliphatic carbocycles. The fourth-order valence-electron chi connectivity index (χ4n) is 2.37. The van der Waals surface area contributed by atoms with Gasteiger partial charge in [-0.15, -0.1) is 0 Å². The first kappa shape index (κ1) is 22.8. The molecular weight excluding hydrogens is 447 g/mol. The van der Waals surface area contributed by atoms with Crippen LogP contribution < -0.4 is 10.1 Å². The molecule has 1 amide bonds. The van der Waals surface area contributed by atoms with Gasteiger partial charge in [0.15, 0.2) is 6.61 Å². The number of carbonyl (C=O) groups is 1. The van der Waals surface area contributed by atoms with Gasteiger partial charge in [0, 0.05) is 13.1 Å². The van der Waals surface area contributed by atoms with Gasteiger partial charge < -0.3 is 10.1 Å². The highest BCUT2D eigenvalue weighted by atomic mass is 35.5. The van der Waals surface area contributed by atoms with Crippen LogP contribution in [0.3, 0.4) is 0 Å². The molecule has 0 aromatic heterocycles. The molecule has 0 unspecified atom stereocenters. The number of hydrogen-bond acceptors (Lipinski definition) is 4. The van der Waals surface area contributed by atoms with E-state index >= 15 is 0 Å². The highest BCUT2D eigenvalue weighted by Crippen LogP contribution is 2.32. The summed E-state index contributed by atoms with van der Waals surface area (Å²) >= 11 is 17.8. The number of benzene rings is 2. The number of nitrogens with one attached hydrogen (secondary N) is 1. The molecule has 0 aliphatic heterocycles. The summed E-state index contributed by atoms with van der Waals surface area (Å²) in [4.78, 5) is 12.2. The molecule has 2 aromatic carbocycles. The maximum Gasteiger partial charge on any atom is 0.262 e. The summed E-state index contributed by atoms with van der Waals surface area (Å²) < 4.78 is 31.6. The molecule has 0 fully saturated rings. The minimum absolute atomic E-state index is 0.163. The Labute approximate surface area is 179 Å². The Bertz CT molecular complexity index is 946. The van der Waals surface area contributed by atoms with Gasteiger partial charge in [-0.25, -0.2) is 8.42 Å². The van der Waals surface area contributed by atoms with Crippen molar-refractivity contribution >= 4 is 56.4 Å². The lowest BCUT2D eigenvalue weighted by atomic mass is 10.3. The molecule has 1 N–H and O–H groups in total. The summed E-state index contributed by atoms with van der Waals surface area (Å²) in [6, 6.07) is 8.74. The molecule has 2 rings (SSSR count). The van der Waals surface area contributed by atoms with Gasteiger partial charge in [-0.05, 0) is 36.4 Å². The van der Waals surface area contributed by atoms with Crippen LogP contribution in [0.1, 0.15) is 13.8 Å². The van der Waals surface area contributed by atoms with Crippen LogP contribution in [0, 0.1) is 0 Å². The van der Waals surface area contributed by atoms with E-state index in [0.717, 1.165) is 0 Å². The Morgan fingerprint density at radius 1 is 1.00 bits per heavy atom. The fraction of sp³-hybridized carbons (Fsp3) is 0.278. The third-order valence-corrected chi connectivity index (χ3v) is 6.92. The summed E-state index contributed by atoms with van der Waals surface area (Å²) in [5.74, 6) is -0.103. The molecule has 0 radical (unpaired) electrons. The SMILES string of the molecule is CCN(CC)S(=O)(=O)c1ccc(OCC(=O)Nc2cc(Cl)c(Cl)cc2Cl)cc1. The van der Waals surface area contributed by atoms with Gasteiger partial charge in [-0.2, -0.15) is 4.31 Å². The number of rotatable bonds is 8. The predicted molar refractivity (Wildman–Crippen MR) is 112 cm³/mol. The second kappa shape index (κ2) is 9.80. The van der Waals surface area contributed by atoms with E-state index in [4.69, 9.17) is 39.5 Å². The third kappa shape index (κ3) is 5.52. The topological polar surface area (TPSA) is 75.7 Å². The average Bonchev–Trinajstić information content (AvgIpc) is 2.65. The summed E-state index contributed by atoms with van der Waals surface area (Å²) in [6.45, 7) is 4.02. The first-order chi connectivity index (χ1) is 13.2. The van der Waals surface area contributed by atoms with Gasteiger partial charge in [0.05, 0.1) is 25.7 Å². The second-order valence-corrected chi connectivity index (χ2v) is 8.80. The first-order valence-corrected chi connectivity index (χ1v) is 10.9. The van der Waals surface area contributed by atoms with Crippen LogP contribution >= 0.6 is 34.8 Å². The Morgan fingerprint density at radius 2 is 1.57 bits per heavy atom. The molecule has 0 spiro atoms. The molecule has 0 aliphatic rings. The van der Waals surface area contributed by atoms with Crippen LogP contribution in [0.25, 0.3) is 0 Å². The van der Waals surface area contributed by atoms with Crippen LogP contribution in [0.15, 0.2) is 41.3 Å². The number of anilines is 1. The van der Waals surface area contributed by atoms with Crippen molar-refractivity contribution in [3.63, 3.8) is 0 Å². The standard InChI is InChI=1S/C18H19Cl3N2O4S/c1-3-23(4-2)28(25,26)13-7-5-12(6-8-13)27-11-18(24)22-17-10-15(20)14(19)9-16(17)21/h5-10H,3-4,11H2,1-2H3,(H,22,24). The highest BCUT2D eigenvalue weighted by molar-refractivity contribution is 7.89. The quantitative estimate of drug-likeness (QED) is 0.574. The van der Waals surface area contributed by atoms with Crippen molar-refractivity contribution < 1.29 is 17.9 Å². The van der Waals surface area contributed by atoms with Crippen molar-refractivity contribution in [1.29, 1.82) is 0 Å². The monoisotopic (exact) mass is 464 g/mol. The smallest absolute Gasteiger partial charge is 0.262 e. The van der Waals surface area contributed by atoms with Gasteiger partial charge in [-0.3, -0.25) is 4.79 Å². The molecule has 28 heavy (non-hydrogen) atoms. The number of halogens is 3. The third-order valence-electron chi connectivity index (χ3n) is 3.82. The van der Waals surface area contributed by atoms with Crippen LogP contribution in [0.2, 0.25) is 15.1 Å². The Balaban J connectivity index is 2.00. The lowest BCUT2D eigenvalue weighted by Crippen LogP contribution is -2.30. The predicted octanol–water partition coefficient (Wildman–Crippen LogP) is 4.69. The van der Waals surface area contributed by atoms with E-state index in [1.54, 1.807) is 13.8 Å².